The standard InChI is InChI=1S/C16H26N4O3/c1-17-14(21)6-8-16(23)7-3-10-19(13-16)15(22)5-2-11-20-12-4-9-18-20/h4,9,12,23H,2-3,5-8,10-11,13H2,1H3,(H,17,21)/t16-/m0/s1. The third-order valence-electron chi connectivity index (χ3n) is 4.34. The van der Waals surface area contributed by atoms with Crippen LogP contribution < -0.4 is 5.32 Å². The van der Waals surface area contributed by atoms with Crippen molar-refractivity contribution in [1.29, 1.82) is 0 Å². The Hall–Kier alpha value is -1.89. The Kier molecular flexibility index (Phi) is 6.15. The number of hydrogen-bond donors (Lipinski definition) is 2. The van der Waals surface area contributed by atoms with Crippen molar-refractivity contribution in [1.82, 2.24) is 20.0 Å². The number of nitrogens with one attached hydrogen (secondary N) is 1. The highest BCUT2D eigenvalue weighted by molar-refractivity contribution is 5.76. The molecule has 0 spiro atoms. The van der Waals surface area contributed by atoms with E-state index in [4.69, 9.17) is 0 Å². The average Bonchev–Trinajstić information content (AvgIpc) is 3.06. The molecule has 128 valence electrons. The van der Waals surface area contributed by atoms with Gasteiger partial charge >= 0.3 is 0 Å². The van der Waals surface area contributed by atoms with Gasteiger partial charge in [-0.2, -0.15) is 5.10 Å². The highest BCUT2D eigenvalue weighted by atomic mass is 16.3. The normalized spacial score (nSPS) is 21.2. The molecule has 1 atom stereocenters. The largest absolute Gasteiger partial charge is 0.388 e. The maximum Gasteiger partial charge on any atom is 0.222 e. The molecule has 1 fully saturated rings. The van der Waals surface area contributed by atoms with Gasteiger partial charge in [-0.15, -0.1) is 0 Å². The zero-order valence-electron chi connectivity index (χ0n) is 13.7. The topological polar surface area (TPSA) is 87.5 Å². The lowest BCUT2D eigenvalue weighted by atomic mass is 9.88. The first-order valence-electron chi connectivity index (χ1n) is 8.20. The number of nitrogens with zero attached hydrogens (tertiary/aromatic N) is 3. The predicted molar refractivity (Wildman–Crippen MR) is 85.5 cm³/mol. The van der Waals surface area contributed by atoms with Crippen molar-refractivity contribution in [3.8, 4) is 0 Å². The van der Waals surface area contributed by atoms with Crippen LogP contribution in [-0.4, -0.2) is 57.3 Å². The number of rotatable bonds is 7. The molecule has 0 saturated carbocycles. The number of carbonyl (C=O) groups excluding carboxylic acids is 2. The summed E-state index contributed by atoms with van der Waals surface area (Å²) in [6.45, 7) is 1.72. The monoisotopic (exact) mass is 322 g/mol. The number of aliphatic hydroxyl groups is 1. The van der Waals surface area contributed by atoms with Gasteiger partial charge in [0.2, 0.25) is 11.8 Å². The Morgan fingerprint density at radius 2 is 2.22 bits per heavy atom. The average molecular weight is 322 g/mol. The first-order chi connectivity index (χ1) is 11.0. The van der Waals surface area contributed by atoms with E-state index >= 15 is 0 Å². The van der Waals surface area contributed by atoms with Crippen LogP contribution in [0.5, 0.6) is 0 Å². The Morgan fingerprint density at radius 3 is 2.91 bits per heavy atom. The molecule has 7 nitrogen and oxygen atoms in total. The van der Waals surface area contributed by atoms with E-state index in [1.807, 2.05) is 16.9 Å². The smallest absolute Gasteiger partial charge is 0.222 e. The van der Waals surface area contributed by atoms with Gasteiger partial charge in [-0.05, 0) is 31.7 Å². The molecule has 1 aromatic heterocycles. The van der Waals surface area contributed by atoms with Crippen molar-refractivity contribution in [2.45, 2.75) is 50.7 Å². The minimum Gasteiger partial charge on any atom is -0.388 e. The van der Waals surface area contributed by atoms with Crippen molar-refractivity contribution in [3.63, 3.8) is 0 Å². The van der Waals surface area contributed by atoms with Gasteiger partial charge in [0.25, 0.3) is 0 Å². The minimum atomic E-state index is -0.942. The Morgan fingerprint density at radius 1 is 1.39 bits per heavy atom. The van der Waals surface area contributed by atoms with Gasteiger partial charge in [-0.1, -0.05) is 0 Å². The molecule has 0 aromatic carbocycles. The molecular formula is C16H26N4O3. The van der Waals surface area contributed by atoms with E-state index in [9.17, 15) is 14.7 Å². The molecule has 0 aliphatic carbocycles. The second kappa shape index (κ2) is 8.10. The van der Waals surface area contributed by atoms with Crippen molar-refractivity contribution in [2.24, 2.45) is 0 Å². The highest BCUT2D eigenvalue weighted by Gasteiger charge is 2.35. The van der Waals surface area contributed by atoms with Crippen LogP contribution in [0.3, 0.4) is 0 Å². The lowest BCUT2D eigenvalue weighted by molar-refractivity contribution is -0.139. The van der Waals surface area contributed by atoms with Gasteiger partial charge in [0.15, 0.2) is 0 Å². The van der Waals surface area contributed by atoms with Crippen LogP contribution in [0.25, 0.3) is 0 Å². The summed E-state index contributed by atoms with van der Waals surface area (Å²) >= 11 is 0. The lowest BCUT2D eigenvalue weighted by Crippen LogP contribution is -2.50. The third-order valence-corrected chi connectivity index (χ3v) is 4.34. The van der Waals surface area contributed by atoms with Gasteiger partial charge in [0.1, 0.15) is 0 Å². The van der Waals surface area contributed by atoms with Crippen molar-refractivity contribution >= 4 is 11.8 Å². The summed E-state index contributed by atoms with van der Waals surface area (Å²) in [6.07, 6.45) is 6.87. The van der Waals surface area contributed by atoms with Gasteiger partial charge in [0, 0.05) is 51.9 Å². The lowest BCUT2D eigenvalue weighted by Gasteiger charge is -2.39. The second-order valence-electron chi connectivity index (χ2n) is 6.19. The fourth-order valence-electron chi connectivity index (χ4n) is 2.98. The Balaban J connectivity index is 1.77. The number of β-amino-alcohol motifs (C(OH)–C–C–N with tert-alkyl or cyclic N) is 1. The Labute approximate surface area is 136 Å². The molecule has 7 heteroatoms. The van der Waals surface area contributed by atoms with Crippen molar-refractivity contribution in [3.05, 3.63) is 18.5 Å². The summed E-state index contributed by atoms with van der Waals surface area (Å²) in [5.74, 6) is -0.0173. The summed E-state index contributed by atoms with van der Waals surface area (Å²) in [5.41, 5.74) is -0.942. The molecule has 1 aromatic rings. The van der Waals surface area contributed by atoms with Crippen molar-refractivity contribution < 1.29 is 14.7 Å². The molecule has 0 unspecified atom stereocenters. The summed E-state index contributed by atoms with van der Waals surface area (Å²) in [4.78, 5) is 25.4. The van der Waals surface area contributed by atoms with E-state index in [-0.39, 0.29) is 18.2 Å². The van der Waals surface area contributed by atoms with Gasteiger partial charge in [-0.3, -0.25) is 14.3 Å². The van der Waals surface area contributed by atoms with E-state index < -0.39 is 5.60 Å². The molecule has 23 heavy (non-hydrogen) atoms. The maximum atomic E-state index is 12.3. The first kappa shape index (κ1) is 17.5. The van der Waals surface area contributed by atoms with Crippen LogP contribution in [0.1, 0.15) is 38.5 Å². The molecule has 1 aliphatic heterocycles. The molecular weight excluding hydrogens is 296 g/mol. The van der Waals surface area contributed by atoms with Gasteiger partial charge in [-0.25, -0.2) is 0 Å². The van der Waals surface area contributed by atoms with E-state index in [1.165, 1.54) is 0 Å². The summed E-state index contributed by atoms with van der Waals surface area (Å²) in [7, 11) is 1.59. The summed E-state index contributed by atoms with van der Waals surface area (Å²) in [6, 6.07) is 1.86. The van der Waals surface area contributed by atoms with E-state index in [1.54, 1.807) is 18.1 Å². The van der Waals surface area contributed by atoms with E-state index in [2.05, 4.69) is 10.4 Å². The van der Waals surface area contributed by atoms with Gasteiger partial charge < -0.3 is 15.3 Å². The summed E-state index contributed by atoms with van der Waals surface area (Å²) < 4.78 is 1.81. The zero-order valence-corrected chi connectivity index (χ0v) is 13.7. The number of aryl methyl sites for hydroxylation is 1. The fraction of sp³-hybridized carbons (Fsp3) is 0.688. The molecule has 1 saturated heterocycles. The van der Waals surface area contributed by atoms with Gasteiger partial charge in [0.05, 0.1) is 5.60 Å². The van der Waals surface area contributed by atoms with Crippen LogP contribution in [0.15, 0.2) is 18.5 Å². The summed E-state index contributed by atoms with van der Waals surface area (Å²) in [5, 5.41) is 17.3. The van der Waals surface area contributed by atoms with Crippen molar-refractivity contribution in [2.75, 3.05) is 20.1 Å². The Bertz CT molecular complexity index is 517. The van der Waals surface area contributed by atoms with Crippen LogP contribution in [0.4, 0.5) is 0 Å². The SMILES string of the molecule is CNC(=O)CC[C@@]1(O)CCCN(C(=O)CCCn2cccn2)C1. The van der Waals surface area contributed by atoms with Crippen LogP contribution in [-0.2, 0) is 16.1 Å². The van der Waals surface area contributed by atoms with Crippen LogP contribution in [0, 0.1) is 0 Å². The van der Waals surface area contributed by atoms with Crippen LogP contribution in [0.2, 0.25) is 0 Å². The minimum absolute atomic E-state index is 0.0650. The number of carbonyl (C=O) groups is 2. The highest BCUT2D eigenvalue weighted by Crippen LogP contribution is 2.26. The number of piperidine rings is 1. The first-order valence-corrected chi connectivity index (χ1v) is 8.20. The molecule has 2 heterocycles. The number of hydrogen-bond acceptors (Lipinski definition) is 4. The number of likely N-dealkylation sites (tertiary alicyclic amines) is 1. The molecule has 2 rings (SSSR count). The third kappa shape index (κ3) is 5.35. The van der Waals surface area contributed by atoms with Crippen LogP contribution >= 0.6 is 0 Å². The molecule has 0 bridgehead atoms. The quantitative estimate of drug-likeness (QED) is 0.767. The zero-order chi connectivity index (χ0) is 16.7. The predicted octanol–water partition coefficient (Wildman–Crippen LogP) is 0.543. The van der Waals surface area contributed by atoms with E-state index in [0.29, 0.717) is 38.9 Å². The van der Waals surface area contributed by atoms with E-state index in [0.717, 1.165) is 12.8 Å². The fourth-order valence-corrected chi connectivity index (χ4v) is 2.98. The maximum absolute atomic E-state index is 12.3. The second-order valence-corrected chi connectivity index (χ2v) is 6.19. The number of aromatic nitrogens is 2. The molecule has 2 N–H and O–H groups in total. The molecule has 0 radical (unpaired) electrons. The molecule has 2 amide bonds. The molecule has 1 aliphatic rings. The number of amides is 2.